The number of allylic oxidation sites excluding steroid dienone is 1. The molecule has 0 saturated heterocycles. The molecule has 0 aliphatic heterocycles. The van der Waals surface area contributed by atoms with Crippen LogP contribution in [0.3, 0.4) is 0 Å². The topological polar surface area (TPSA) is 40.5 Å². The second kappa shape index (κ2) is 2.64. The summed E-state index contributed by atoms with van der Waals surface area (Å²) in [7, 11) is 0. The minimum atomic E-state index is -0.644. The highest BCUT2D eigenvalue weighted by atomic mass is 16.3. The van der Waals surface area contributed by atoms with Gasteiger partial charge in [0, 0.05) is 6.42 Å². The quantitative estimate of drug-likeness (QED) is 0.609. The molecule has 0 heterocycles. The number of aliphatic hydroxyl groups excluding tert-OH is 2. The molecule has 2 heteroatoms. The molecule has 0 fully saturated rings. The van der Waals surface area contributed by atoms with Crippen molar-refractivity contribution in [2.24, 2.45) is 0 Å². The van der Waals surface area contributed by atoms with E-state index in [-0.39, 0.29) is 5.76 Å². The summed E-state index contributed by atoms with van der Waals surface area (Å²) in [6.45, 7) is 0. The van der Waals surface area contributed by atoms with Crippen LogP contribution in [0.5, 0.6) is 0 Å². The first-order chi connectivity index (χ1) is 5.77. The summed E-state index contributed by atoms with van der Waals surface area (Å²) in [4.78, 5) is 0. The molecule has 0 spiro atoms. The zero-order valence-corrected chi connectivity index (χ0v) is 6.57. The fourth-order valence-electron chi connectivity index (χ4n) is 1.51. The van der Waals surface area contributed by atoms with Gasteiger partial charge < -0.3 is 10.2 Å². The predicted molar refractivity (Wildman–Crippen MR) is 45.8 cm³/mol. The third-order valence-corrected chi connectivity index (χ3v) is 2.10. The van der Waals surface area contributed by atoms with Crippen molar-refractivity contribution in [2.45, 2.75) is 12.5 Å². The highest BCUT2D eigenvalue weighted by molar-refractivity contribution is 5.37. The normalized spacial score (nSPS) is 21.4. The first kappa shape index (κ1) is 7.37. The number of fused-ring (bicyclic) bond motifs is 1. The van der Waals surface area contributed by atoms with Gasteiger partial charge in [0.25, 0.3) is 0 Å². The minimum absolute atomic E-state index is 0.251. The fraction of sp³-hybridized carbons (Fsp3) is 0.200. The summed E-state index contributed by atoms with van der Waals surface area (Å²) in [5.74, 6) is 0.251. The molecule has 0 saturated carbocycles. The molecule has 1 aliphatic carbocycles. The van der Waals surface area contributed by atoms with Gasteiger partial charge in [0.15, 0.2) is 0 Å². The van der Waals surface area contributed by atoms with Gasteiger partial charge in [-0.1, -0.05) is 24.3 Å². The lowest BCUT2D eigenvalue weighted by molar-refractivity contribution is 0.215. The van der Waals surface area contributed by atoms with Gasteiger partial charge in [-0.15, -0.1) is 0 Å². The molecule has 12 heavy (non-hydrogen) atoms. The third-order valence-electron chi connectivity index (χ3n) is 2.10. The molecule has 0 amide bonds. The third kappa shape index (κ3) is 1.10. The number of aliphatic hydroxyl groups is 2. The van der Waals surface area contributed by atoms with Crippen molar-refractivity contribution in [3.8, 4) is 0 Å². The van der Waals surface area contributed by atoms with E-state index in [1.807, 2.05) is 24.3 Å². The summed E-state index contributed by atoms with van der Waals surface area (Å²) >= 11 is 0. The summed E-state index contributed by atoms with van der Waals surface area (Å²) in [5.41, 5.74) is 1.90. The Labute approximate surface area is 70.8 Å². The Balaban J connectivity index is 2.48. The Hall–Kier alpha value is -1.28. The van der Waals surface area contributed by atoms with E-state index in [0.29, 0.717) is 6.42 Å². The van der Waals surface area contributed by atoms with Crippen LogP contribution in [-0.4, -0.2) is 10.2 Å². The summed E-state index contributed by atoms with van der Waals surface area (Å²) < 4.78 is 0. The van der Waals surface area contributed by atoms with Gasteiger partial charge in [-0.25, -0.2) is 0 Å². The van der Waals surface area contributed by atoms with E-state index in [9.17, 15) is 10.2 Å². The Bertz CT molecular complexity index is 328. The average molecular weight is 162 g/mol. The van der Waals surface area contributed by atoms with Crippen molar-refractivity contribution < 1.29 is 10.2 Å². The molecule has 1 aromatic carbocycles. The van der Waals surface area contributed by atoms with Crippen LogP contribution in [0.2, 0.25) is 0 Å². The van der Waals surface area contributed by atoms with Crippen LogP contribution >= 0.6 is 0 Å². The molecule has 2 N–H and O–H groups in total. The van der Waals surface area contributed by atoms with Crippen LogP contribution in [0, 0.1) is 0 Å². The Kier molecular flexibility index (Phi) is 1.62. The van der Waals surface area contributed by atoms with Gasteiger partial charge in [-0.3, -0.25) is 0 Å². The molecule has 2 nitrogen and oxygen atoms in total. The lowest BCUT2D eigenvalue weighted by Crippen LogP contribution is -2.07. The first-order valence-corrected chi connectivity index (χ1v) is 3.93. The molecule has 0 radical (unpaired) electrons. The zero-order valence-electron chi connectivity index (χ0n) is 6.57. The van der Waals surface area contributed by atoms with E-state index in [4.69, 9.17) is 0 Å². The van der Waals surface area contributed by atoms with Crippen molar-refractivity contribution in [3.63, 3.8) is 0 Å². The second-order valence-electron chi connectivity index (χ2n) is 2.98. The molecular weight excluding hydrogens is 152 g/mol. The number of hydrogen-bond donors (Lipinski definition) is 2. The monoisotopic (exact) mass is 162 g/mol. The minimum Gasteiger partial charge on any atom is -0.512 e. The van der Waals surface area contributed by atoms with Crippen molar-refractivity contribution in [1.82, 2.24) is 0 Å². The SMILES string of the molecule is OC1=C[C@@H](O)c2ccccc2C1. The van der Waals surface area contributed by atoms with E-state index >= 15 is 0 Å². The van der Waals surface area contributed by atoms with Crippen LogP contribution in [0.25, 0.3) is 0 Å². The largest absolute Gasteiger partial charge is 0.512 e. The van der Waals surface area contributed by atoms with Gasteiger partial charge in [-0.2, -0.15) is 0 Å². The molecule has 0 unspecified atom stereocenters. The Morgan fingerprint density at radius 2 is 2.00 bits per heavy atom. The van der Waals surface area contributed by atoms with Crippen LogP contribution < -0.4 is 0 Å². The molecule has 62 valence electrons. The molecule has 2 rings (SSSR count). The predicted octanol–water partition coefficient (Wildman–Crippen LogP) is 1.72. The molecule has 0 bridgehead atoms. The zero-order chi connectivity index (χ0) is 8.55. The van der Waals surface area contributed by atoms with Crippen LogP contribution in [-0.2, 0) is 6.42 Å². The van der Waals surface area contributed by atoms with Gasteiger partial charge in [0.1, 0.15) is 6.10 Å². The van der Waals surface area contributed by atoms with Crippen molar-refractivity contribution in [2.75, 3.05) is 0 Å². The fourth-order valence-corrected chi connectivity index (χ4v) is 1.51. The molecule has 0 aromatic heterocycles. The molecule has 1 aromatic rings. The van der Waals surface area contributed by atoms with Gasteiger partial charge in [0.05, 0.1) is 5.76 Å². The van der Waals surface area contributed by atoms with Crippen LogP contribution in [0.1, 0.15) is 17.2 Å². The highest BCUT2D eigenvalue weighted by Crippen LogP contribution is 2.26. The Morgan fingerprint density at radius 1 is 1.25 bits per heavy atom. The standard InChI is InChI=1S/C10H10O2/c11-8-5-7-3-1-2-4-9(7)10(12)6-8/h1-4,6,10-12H,5H2/t10-/m1/s1. The maximum atomic E-state index is 9.50. The summed E-state index contributed by atoms with van der Waals surface area (Å²) in [6, 6.07) is 7.59. The number of benzene rings is 1. The molecule has 1 aliphatic rings. The van der Waals surface area contributed by atoms with Gasteiger partial charge in [0.2, 0.25) is 0 Å². The van der Waals surface area contributed by atoms with Crippen LogP contribution in [0.15, 0.2) is 36.1 Å². The van der Waals surface area contributed by atoms with E-state index in [2.05, 4.69) is 0 Å². The number of rotatable bonds is 0. The smallest absolute Gasteiger partial charge is 0.101 e. The van der Waals surface area contributed by atoms with Crippen molar-refractivity contribution in [3.05, 3.63) is 47.2 Å². The maximum absolute atomic E-state index is 9.50. The molecule has 1 atom stereocenters. The maximum Gasteiger partial charge on any atom is 0.101 e. The van der Waals surface area contributed by atoms with E-state index < -0.39 is 6.10 Å². The first-order valence-electron chi connectivity index (χ1n) is 3.93. The van der Waals surface area contributed by atoms with Crippen molar-refractivity contribution in [1.29, 1.82) is 0 Å². The lowest BCUT2D eigenvalue weighted by atomic mass is 9.94. The van der Waals surface area contributed by atoms with E-state index in [1.165, 1.54) is 6.08 Å². The number of hydrogen-bond acceptors (Lipinski definition) is 2. The molecular formula is C10H10O2. The highest BCUT2D eigenvalue weighted by Gasteiger charge is 2.16. The second-order valence-corrected chi connectivity index (χ2v) is 2.98. The van der Waals surface area contributed by atoms with E-state index in [0.717, 1.165) is 11.1 Å². The lowest BCUT2D eigenvalue weighted by Gasteiger charge is -2.17. The summed E-state index contributed by atoms with van der Waals surface area (Å²) in [5, 5.41) is 18.7. The van der Waals surface area contributed by atoms with Gasteiger partial charge in [-0.05, 0) is 17.2 Å². The Morgan fingerprint density at radius 3 is 2.83 bits per heavy atom. The summed E-state index contributed by atoms with van der Waals surface area (Å²) in [6.07, 6.45) is 1.37. The average Bonchev–Trinajstić information content (AvgIpc) is 2.04. The van der Waals surface area contributed by atoms with Crippen LogP contribution in [0.4, 0.5) is 0 Å². The van der Waals surface area contributed by atoms with E-state index in [1.54, 1.807) is 0 Å². The van der Waals surface area contributed by atoms with Gasteiger partial charge >= 0.3 is 0 Å². The van der Waals surface area contributed by atoms with Crippen molar-refractivity contribution >= 4 is 0 Å².